The van der Waals surface area contributed by atoms with Crippen molar-refractivity contribution < 1.29 is 9.90 Å². The second-order valence-electron chi connectivity index (χ2n) is 5.15. The zero-order chi connectivity index (χ0) is 16.6. The van der Waals surface area contributed by atoms with Crippen LogP contribution in [0.4, 0.5) is 5.82 Å². The molecule has 1 aromatic carbocycles. The Kier molecular flexibility index (Phi) is 4.19. The van der Waals surface area contributed by atoms with E-state index in [0.29, 0.717) is 5.82 Å². The van der Waals surface area contributed by atoms with Crippen LogP contribution in [0.25, 0.3) is 21.3 Å². The molecule has 0 aliphatic heterocycles. The summed E-state index contributed by atoms with van der Waals surface area (Å²) in [5.41, 5.74) is 2.07. The van der Waals surface area contributed by atoms with Crippen molar-refractivity contribution in [1.82, 2.24) is 9.97 Å². The summed E-state index contributed by atoms with van der Waals surface area (Å²) in [7, 11) is 1.69. The summed E-state index contributed by atoms with van der Waals surface area (Å²) in [6, 6.07) is 9.93. The van der Waals surface area contributed by atoms with Crippen molar-refractivity contribution in [2.75, 3.05) is 18.5 Å². The van der Waals surface area contributed by atoms with E-state index in [1.165, 1.54) is 11.3 Å². The molecule has 118 valence electrons. The Morgan fingerprint density at radius 1 is 1.30 bits per heavy atom. The van der Waals surface area contributed by atoms with E-state index in [9.17, 15) is 4.79 Å². The van der Waals surface area contributed by atoms with Crippen LogP contribution in [0.3, 0.4) is 0 Å². The smallest absolute Gasteiger partial charge is 0.323 e. The molecule has 23 heavy (non-hydrogen) atoms. The van der Waals surface area contributed by atoms with Crippen LogP contribution >= 0.6 is 22.9 Å². The molecule has 7 heteroatoms. The quantitative estimate of drug-likeness (QED) is 0.726. The number of hydrogen-bond donors (Lipinski definition) is 1. The molecule has 0 atom stereocenters. The number of carboxylic acid groups (broad SMARTS) is 1. The van der Waals surface area contributed by atoms with E-state index in [0.717, 1.165) is 26.2 Å². The number of carboxylic acids is 1. The standard InChI is InChI=1S/C16H14ClN3O2S/c1-9-12(10-6-4-3-5-7-10)13-14(20(2)8-11(21)22)18-16(17)19-15(13)23-9/h3-7H,8H2,1-2H3,(H,21,22). The maximum absolute atomic E-state index is 11.0. The lowest BCUT2D eigenvalue weighted by molar-refractivity contribution is -0.135. The van der Waals surface area contributed by atoms with E-state index in [1.807, 2.05) is 37.3 Å². The van der Waals surface area contributed by atoms with Crippen LogP contribution in [0.5, 0.6) is 0 Å². The average Bonchev–Trinajstić information content (AvgIpc) is 2.82. The topological polar surface area (TPSA) is 66.3 Å². The summed E-state index contributed by atoms with van der Waals surface area (Å²) in [5, 5.41) is 10.0. The van der Waals surface area contributed by atoms with Gasteiger partial charge >= 0.3 is 5.97 Å². The van der Waals surface area contributed by atoms with Gasteiger partial charge in [-0.3, -0.25) is 4.79 Å². The van der Waals surface area contributed by atoms with Crippen LogP contribution < -0.4 is 4.90 Å². The van der Waals surface area contributed by atoms with Gasteiger partial charge in [0.2, 0.25) is 5.28 Å². The lowest BCUT2D eigenvalue weighted by atomic mass is 10.0. The Morgan fingerprint density at radius 2 is 2.00 bits per heavy atom. The van der Waals surface area contributed by atoms with Crippen molar-refractivity contribution >= 4 is 44.9 Å². The maximum Gasteiger partial charge on any atom is 0.323 e. The molecule has 3 aromatic rings. The molecule has 2 heterocycles. The fourth-order valence-corrected chi connectivity index (χ4v) is 3.83. The summed E-state index contributed by atoms with van der Waals surface area (Å²) in [5.74, 6) is -0.394. The Bertz CT molecular complexity index is 880. The van der Waals surface area contributed by atoms with Crippen LogP contribution in [-0.2, 0) is 4.79 Å². The fourth-order valence-electron chi connectivity index (χ4n) is 2.57. The molecule has 0 aliphatic rings. The first kappa shape index (κ1) is 15.7. The van der Waals surface area contributed by atoms with Gasteiger partial charge in [0.1, 0.15) is 17.2 Å². The number of thiophene rings is 1. The lowest BCUT2D eigenvalue weighted by Crippen LogP contribution is -2.26. The van der Waals surface area contributed by atoms with Crippen molar-refractivity contribution in [3.63, 3.8) is 0 Å². The zero-order valence-corrected chi connectivity index (χ0v) is 14.1. The molecular formula is C16H14ClN3O2S. The second kappa shape index (κ2) is 6.14. The number of fused-ring (bicyclic) bond motifs is 1. The monoisotopic (exact) mass is 347 g/mol. The zero-order valence-electron chi connectivity index (χ0n) is 12.6. The van der Waals surface area contributed by atoms with Crippen LogP contribution in [0.2, 0.25) is 5.28 Å². The summed E-state index contributed by atoms with van der Waals surface area (Å²) >= 11 is 7.55. The van der Waals surface area contributed by atoms with E-state index in [2.05, 4.69) is 9.97 Å². The Labute approximate surface area is 142 Å². The molecule has 1 N–H and O–H groups in total. The molecule has 0 fully saturated rings. The van der Waals surface area contributed by atoms with Crippen LogP contribution in [0.1, 0.15) is 4.88 Å². The predicted molar refractivity (Wildman–Crippen MR) is 93.5 cm³/mol. The van der Waals surface area contributed by atoms with E-state index in [4.69, 9.17) is 16.7 Å². The molecule has 0 saturated carbocycles. The summed E-state index contributed by atoms with van der Waals surface area (Å²) in [6.07, 6.45) is 0. The first-order chi connectivity index (χ1) is 11.0. The van der Waals surface area contributed by atoms with Crippen LogP contribution in [-0.4, -0.2) is 34.6 Å². The van der Waals surface area contributed by atoms with Gasteiger partial charge in [0.25, 0.3) is 0 Å². The van der Waals surface area contributed by atoms with E-state index in [1.54, 1.807) is 11.9 Å². The largest absolute Gasteiger partial charge is 0.480 e. The average molecular weight is 348 g/mol. The highest BCUT2D eigenvalue weighted by Crippen LogP contribution is 2.41. The first-order valence-electron chi connectivity index (χ1n) is 6.92. The highest BCUT2D eigenvalue weighted by atomic mass is 35.5. The van der Waals surface area contributed by atoms with Gasteiger partial charge in [0.05, 0.1) is 5.39 Å². The molecule has 0 unspecified atom stereocenters. The number of likely N-dealkylation sites (N-methyl/N-ethyl adjacent to an activating group) is 1. The van der Waals surface area contributed by atoms with Gasteiger partial charge in [-0.25, -0.2) is 4.98 Å². The number of benzene rings is 1. The molecule has 2 aromatic heterocycles. The molecule has 0 radical (unpaired) electrons. The number of aryl methyl sites for hydroxylation is 1. The predicted octanol–water partition coefficient (Wildman–Crippen LogP) is 3.84. The van der Waals surface area contributed by atoms with Crippen molar-refractivity contribution in [3.05, 3.63) is 40.5 Å². The number of rotatable bonds is 4. The SMILES string of the molecule is Cc1sc2nc(Cl)nc(N(C)CC(=O)O)c2c1-c1ccccc1. The minimum atomic E-state index is -0.927. The molecule has 3 rings (SSSR count). The Hall–Kier alpha value is -2.18. The van der Waals surface area contributed by atoms with Crippen LogP contribution in [0.15, 0.2) is 30.3 Å². The lowest BCUT2D eigenvalue weighted by Gasteiger charge is -2.17. The number of anilines is 1. The molecule has 0 amide bonds. The number of nitrogens with zero attached hydrogens (tertiary/aromatic N) is 3. The summed E-state index contributed by atoms with van der Waals surface area (Å²) in [6.45, 7) is 1.86. The highest BCUT2D eigenvalue weighted by Gasteiger charge is 2.21. The third-order valence-corrected chi connectivity index (χ3v) is 4.65. The molecule has 0 spiro atoms. The third-order valence-electron chi connectivity index (χ3n) is 3.48. The van der Waals surface area contributed by atoms with Gasteiger partial charge in [-0.2, -0.15) is 4.98 Å². The summed E-state index contributed by atoms with van der Waals surface area (Å²) in [4.78, 5) is 23.1. The third kappa shape index (κ3) is 3.00. The minimum absolute atomic E-state index is 0.116. The van der Waals surface area contributed by atoms with Gasteiger partial charge < -0.3 is 10.0 Å². The molecule has 0 bridgehead atoms. The Morgan fingerprint density at radius 3 is 2.65 bits per heavy atom. The maximum atomic E-state index is 11.0. The number of halogens is 1. The van der Waals surface area contributed by atoms with Crippen molar-refractivity contribution in [2.24, 2.45) is 0 Å². The van der Waals surface area contributed by atoms with Gasteiger partial charge in [0, 0.05) is 17.5 Å². The number of carbonyl (C=O) groups is 1. The van der Waals surface area contributed by atoms with Crippen LogP contribution in [0, 0.1) is 6.92 Å². The molecule has 0 saturated heterocycles. The van der Waals surface area contributed by atoms with Gasteiger partial charge in [-0.1, -0.05) is 30.3 Å². The number of aliphatic carboxylic acids is 1. The first-order valence-corrected chi connectivity index (χ1v) is 8.12. The van der Waals surface area contributed by atoms with E-state index < -0.39 is 5.97 Å². The van der Waals surface area contributed by atoms with Gasteiger partial charge in [0.15, 0.2) is 0 Å². The van der Waals surface area contributed by atoms with Crippen molar-refractivity contribution in [3.8, 4) is 11.1 Å². The second-order valence-corrected chi connectivity index (χ2v) is 6.69. The molecule has 0 aliphatic carbocycles. The molecule has 5 nitrogen and oxygen atoms in total. The van der Waals surface area contributed by atoms with Gasteiger partial charge in [-0.15, -0.1) is 11.3 Å². The highest BCUT2D eigenvalue weighted by molar-refractivity contribution is 7.19. The summed E-state index contributed by atoms with van der Waals surface area (Å²) < 4.78 is 0. The molecular weight excluding hydrogens is 334 g/mol. The fraction of sp³-hybridized carbons (Fsp3) is 0.188. The normalized spacial score (nSPS) is 10.9. The van der Waals surface area contributed by atoms with E-state index in [-0.39, 0.29) is 11.8 Å². The van der Waals surface area contributed by atoms with E-state index >= 15 is 0 Å². The van der Waals surface area contributed by atoms with Gasteiger partial charge in [-0.05, 0) is 24.1 Å². The van der Waals surface area contributed by atoms with Crippen molar-refractivity contribution in [1.29, 1.82) is 0 Å². The number of aromatic nitrogens is 2. The minimum Gasteiger partial charge on any atom is -0.480 e. The Balaban J connectivity index is 2.29. The van der Waals surface area contributed by atoms with Crippen molar-refractivity contribution in [2.45, 2.75) is 6.92 Å². The number of hydrogen-bond acceptors (Lipinski definition) is 5.